The molecule has 1 aliphatic heterocycles. The SMILES string of the molecule is O=C(NCC1CCNCC1)c1cc2ccc(-c3ccsc3)cc2[nH]1. The minimum Gasteiger partial charge on any atom is -0.351 e. The first-order chi connectivity index (χ1) is 11.8. The number of piperidine rings is 1. The van der Waals surface area contributed by atoms with E-state index in [0.717, 1.165) is 43.4 Å². The molecule has 3 heterocycles. The maximum atomic E-state index is 12.4. The van der Waals surface area contributed by atoms with Gasteiger partial charge in [0, 0.05) is 17.4 Å². The van der Waals surface area contributed by atoms with Crippen LogP contribution in [0.25, 0.3) is 22.0 Å². The summed E-state index contributed by atoms with van der Waals surface area (Å²) in [5.41, 5.74) is 4.03. The van der Waals surface area contributed by atoms with Crippen LogP contribution in [0.3, 0.4) is 0 Å². The fourth-order valence-electron chi connectivity index (χ4n) is 3.28. The highest BCUT2D eigenvalue weighted by Gasteiger charge is 2.15. The normalized spacial score (nSPS) is 15.7. The summed E-state index contributed by atoms with van der Waals surface area (Å²) >= 11 is 1.69. The van der Waals surface area contributed by atoms with Crippen molar-refractivity contribution in [3.63, 3.8) is 0 Å². The Balaban J connectivity index is 1.48. The molecular formula is C19H21N3OS. The second-order valence-corrected chi connectivity index (χ2v) is 7.18. The first-order valence-corrected chi connectivity index (χ1v) is 9.38. The maximum absolute atomic E-state index is 12.4. The van der Waals surface area contributed by atoms with E-state index >= 15 is 0 Å². The first-order valence-electron chi connectivity index (χ1n) is 8.44. The number of aromatic amines is 1. The van der Waals surface area contributed by atoms with Gasteiger partial charge in [0.1, 0.15) is 5.69 Å². The minimum atomic E-state index is -0.0122. The third-order valence-corrected chi connectivity index (χ3v) is 5.41. The van der Waals surface area contributed by atoms with E-state index in [1.165, 1.54) is 11.1 Å². The Morgan fingerprint density at radius 3 is 2.83 bits per heavy atom. The summed E-state index contributed by atoms with van der Waals surface area (Å²) in [6.07, 6.45) is 2.27. The van der Waals surface area contributed by atoms with Gasteiger partial charge in [-0.3, -0.25) is 4.79 Å². The molecule has 24 heavy (non-hydrogen) atoms. The number of carbonyl (C=O) groups excluding carboxylic acids is 1. The van der Waals surface area contributed by atoms with E-state index in [9.17, 15) is 4.79 Å². The van der Waals surface area contributed by atoms with Crippen molar-refractivity contribution in [2.45, 2.75) is 12.8 Å². The molecule has 0 atom stereocenters. The lowest BCUT2D eigenvalue weighted by atomic mass is 9.98. The van der Waals surface area contributed by atoms with Gasteiger partial charge in [-0.05, 0) is 71.9 Å². The van der Waals surface area contributed by atoms with Gasteiger partial charge < -0.3 is 15.6 Å². The van der Waals surface area contributed by atoms with Gasteiger partial charge in [0.25, 0.3) is 5.91 Å². The number of benzene rings is 1. The van der Waals surface area contributed by atoms with Crippen LogP contribution in [0.5, 0.6) is 0 Å². The number of hydrogen-bond acceptors (Lipinski definition) is 3. The molecule has 1 amide bonds. The molecule has 1 fully saturated rings. The zero-order valence-corrected chi connectivity index (χ0v) is 14.3. The van der Waals surface area contributed by atoms with Crippen molar-refractivity contribution < 1.29 is 4.79 Å². The van der Waals surface area contributed by atoms with Gasteiger partial charge in [-0.15, -0.1) is 0 Å². The quantitative estimate of drug-likeness (QED) is 0.680. The van der Waals surface area contributed by atoms with Gasteiger partial charge in [-0.1, -0.05) is 12.1 Å². The predicted molar refractivity (Wildman–Crippen MR) is 99.5 cm³/mol. The summed E-state index contributed by atoms with van der Waals surface area (Å²) in [5.74, 6) is 0.576. The van der Waals surface area contributed by atoms with Crippen LogP contribution in [0, 0.1) is 5.92 Å². The van der Waals surface area contributed by atoms with Crippen molar-refractivity contribution in [1.82, 2.24) is 15.6 Å². The zero-order chi connectivity index (χ0) is 16.4. The Hall–Kier alpha value is -2.11. The van der Waals surface area contributed by atoms with Gasteiger partial charge in [-0.2, -0.15) is 11.3 Å². The van der Waals surface area contributed by atoms with Crippen LogP contribution in [0.1, 0.15) is 23.3 Å². The first kappa shape index (κ1) is 15.4. The summed E-state index contributed by atoms with van der Waals surface area (Å²) in [6, 6.07) is 10.3. The molecule has 1 saturated heterocycles. The number of thiophene rings is 1. The molecule has 2 aromatic heterocycles. The van der Waals surface area contributed by atoms with E-state index < -0.39 is 0 Å². The monoisotopic (exact) mass is 339 g/mol. The van der Waals surface area contributed by atoms with E-state index in [1.54, 1.807) is 11.3 Å². The van der Waals surface area contributed by atoms with Crippen LogP contribution in [0.4, 0.5) is 0 Å². The highest BCUT2D eigenvalue weighted by atomic mass is 32.1. The smallest absolute Gasteiger partial charge is 0.267 e. The molecule has 0 radical (unpaired) electrons. The van der Waals surface area contributed by atoms with E-state index in [0.29, 0.717) is 11.6 Å². The van der Waals surface area contributed by atoms with E-state index in [4.69, 9.17) is 0 Å². The molecule has 3 aromatic rings. The van der Waals surface area contributed by atoms with Crippen molar-refractivity contribution in [1.29, 1.82) is 0 Å². The molecule has 1 aromatic carbocycles. The second kappa shape index (κ2) is 6.79. The second-order valence-electron chi connectivity index (χ2n) is 6.40. The molecule has 124 valence electrons. The van der Waals surface area contributed by atoms with Crippen LogP contribution >= 0.6 is 11.3 Å². The molecule has 5 heteroatoms. The van der Waals surface area contributed by atoms with Crippen LogP contribution in [0.2, 0.25) is 0 Å². The average molecular weight is 339 g/mol. The highest BCUT2D eigenvalue weighted by Crippen LogP contribution is 2.26. The third-order valence-electron chi connectivity index (χ3n) is 4.73. The molecule has 4 nitrogen and oxygen atoms in total. The van der Waals surface area contributed by atoms with Crippen molar-refractivity contribution in [2.75, 3.05) is 19.6 Å². The van der Waals surface area contributed by atoms with E-state index in [2.05, 4.69) is 50.6 Å². The lowest BCUT2D eigenvalue weighted by Crippen LogP contribution is -2.36. The Morgan fingerprint density at radius 2 is 2.04 bits per heavy atom. The molecular weight excluding hydrogens is 318 g/mol. The lowest BCUT2D eigenvalue weighted by Gasteiger charge is -2.22. The summed E-state index contributed by atoms with van der Waals surface area (Å²) < 4.78 is 0. The summed E-state index contributed by atoms with van der Waals surface area (Å²) in [5, 5.41) is 11.7. The lowest BCUT2D eigenvalue weighted by molar-refractivity contribution is 0.0940. The Bertz CT molecular complexity index is 832. The Kier molecular flexibility index (Phi) is 4.36. The highest BCUT2D eigenvalue weighted by molar-refractivity contribution is 7.08. The summed E-state index contributed by atoms with van der Waals surface area (Å²) in [6.45, 7) is 2.87. The summed E-state index contributed by atoms with van der Waals surface area (Å²) in [4.78, 5) is 15.7. The van der Waals surface area contributed by atoms with Crippen LogP contribution in [-0.2, 0) is 0 Å². The van der Waals surface area contributed by atoms with Gasteiger partial charge in [0.2, 0.25) is 0 Å². The fourth-order valence-corrected chi connectivity index (χ4v) is 3.94. The van der Waals surface area contributed by atoms with Crippen molar-refractivity contribution >= 4 is 28.1 Å². The number of carbonyl (C=O) groups is 1. The molecule has 0 aliphatic carbocycles. The standard InChI is InChI=1S/C19H21N3OS/c23-19(21-11-13-3-6-20-7-4-13)18-10-15-2-1-14(9-17(15)22-18)16-5-8-24-12-16/h1-2,5,8-10,12-13,20,22H,3-4,6-7,11H2,(H,21,23). The van der Waals surface area contributed by atoms with Crippen LogP contribution < -0.4 is 10.6 Å². The Labute approximate surface area is 145 Å². The van der Waals surface area contributed by atoms with Gasteiger partial charge in [0.15, 0.2) is 0 Å². The van der Waals surface area contributed by atoms with Crippen molar-refractivity contribution in [3.8, 4) is 11.1 Å². The number of fused-ring (bicyclic) bond motifs is 1. The molecule has 0 unspecified atom stereocenters. The molecule has 0 saturated carbocycles. The fraction of sp³-hybridized carbons (Fsp3) is 0.316. The number of nitrogens with one attached hydrogen (secondary N) is 3. The van der Waals surface area contributed by atoms with E-state index in [-0.39, 0.29) is 5.91 Å². The molecule has 1 aliphatic rings. The van der Waals surface area contributed by atoms with Gasteiger partial charge in [0.05, 0.1) is 0 Å². The molecule has 3 N–H and O–H groups in total. The number of H-pyrrole nitrogens is 1. The third kappa shape index (κ3) is 3.23. The van der Waals surface area contributed by atoms with Gasteiger partial charge >= 0.3 is 0 Å². The number of hydrogen-bond donors (Lipinski definition) is 3. The van der Waals surface area contributed by atoms with E-state index in [1.807, 2.05) is 6.07 Å². The van der Waals surface area contributed by atoms with Crippen LogP contribution in [-0.4, -0.2) is 30.5 Å². The number of aromatic nitrogens is 1. The Morgan fingerprint density at radius 1 is 1.17 bits per heavy atom. The maximum Gasteiger partial charge on any atom is 0.267 e. The number of amides is 1. The van der Waals surface area contributed by atoms with Crippen molar-refractivity contribution in [3.05, 3.63) is 46.8 Å². The topological polar surface area (TPSA) is 56.9 Å². The summed E-state index contributed by atoms with van der Waals surface area (Å²) in [7, 11) is 0. The number of rotatable bonds is 4. The average Bonchev–Trinajstić information content (AvgIpc) is 3.29. The molecule has 0 bridgehead atoms. The minimum absolute atomic E-state index is 0.0122. The molecule has 4 rings (SSSR count). The largest absolute Gasteiger partial charge is 0.351 e. The molecule has 0 spiro atoms. The zero-order valence-electron chi connectivity index (χ0n) is 13.5. The van der Waals surface area contributed by atoms with Crippen LogP contribution in [0.15, 0.2) is 41.1 Å². The van der Waals surface area contributed by atoms with Gasteiger partial charge in [-0.25, -0.2) is 0 Å². The van der Waals surface area contributed by atoms with Crippen molar-refractivity contribution in [2.24, 2.45) is 5.92 Å². The predicted octanol–water partition coefficient (Wildman–Crippen LogP) is 3.63.